The first-order chi connectivity index (χ1) is 26.3. The number of aliphatic hydroxyl groups is 5. The van der Waals surface area contributed by atoms with Gasteiger partial charge in [-0.15, -0.1) is 0 Å². The van der Waals surface area contributed by atoms with E-state index in [-0.39, 0.29) is 5.91 Å². The second-order valence-corrected chi connectivity index (χ2v) is 15.3. The van der Waals surface area contributed by atoms with E-state index in [1.54, 1.807) is 0 Å². The third kappa shape index (κ3) is 32.8. The van der Waals surface area contributed by atoms with Gasteiger partial charge in [-0.2, -0.15) is 0 Å². The summed E-state index contributed by atoms with van der Waals surface area (Å²) in [6.45, 7) is 6.12. The SMILES string of the molecule is NCCCCNCC(CCCCCCNC(=O)CCCCCCCCCCCCCCCCCNC(=O)[C@@H](O)[C@H](O)[C@@H](O)[C@H](O)CO)CNCCCCN. The van der Waals surface area contributed by atoms with Crippen LogP contribution in [0.5, 0.6) is 0 Å². The minimum absolute atomic E-state index is 0.203. The zero-order valence-electron chi connectivity index (χ0n) is 34.1. The maximum Gasteiger partial charge on any atom is 0.251 e. The molecule has 0 aromatic rings. The summed E-state index contributed by atoms with van der Waals surface area (Å²) in [4.78, 5) is 24.1. The number of unbranched alkanes of at least 4 members (excludes halogenated alkanes) is 19. The zero-order valence-corrected chi connectivity index (χ0v) is 34.1. The van der Waals surface area contributed by atoms with Crippen molar-refractivity contribution in [3.05, 3.63) is 0 Å². The highest BCUT2D eigenvalue weighted by Gasteiger charge is 2.33. The first-order valence-corrected chi connectivity index (χ1v) is 22.0. The molecule has 0 saturated heterocycles. The minimum Gasteiger partial charge on any atom is -0.394 e. The van der Waals surface area contributed by atoms with Gasteiger partial charge in [0.05, 0.1) is 6.61 Å². The molecule has 0 aromatic carbocycles. The van der Waals surface area contributed by atoms with Crippen LogP contribution in [0, 0.1) is 5.92 Å². The van der Waals surface area contributed by atoms with Crippen LogP contribution in [0.4, 0.5) is 0 Å². The average molecular weight is 775 g/mol. The van der Waals surface area contributed by atoms with E-state index in [9.17, 15) is 30.0 Å². The number of rotatable bonds is 42. The molecule has 0 heterocycles. The number of nitrogens with one attached hydrogen (secondary N) is 4. The highest BCUT2D eigenvalue weighted by molar-refractivity contribution is 5.81. The van der Waals surface area contributed by atoms with Crippen LogP contribution in [-0.4, -0.2) is 121 Å². The Hall–Kier alpha value is -1.42. The molecule has 0 fully saturated rings. The van der Waals surface area contributed by atoms with Gasteiger partial charge in [0.25, 0.3) is 5.91 Å². The second-order valence-electron chi connectivity index (χ2n) is 15.3. The summed E-state index contributed by atoms with van der Waals surface area (Å²) in [7, 11) is 0. The number of carbonyl (C=O) groups is 2. The van der Waals surface area contributed by atoms with E-state index in [0.29, 0.717) is 18.9 Å². The number of nitrogens with two attached hydrogens (primary N) is 2. The van der Waals surface area contributed by atoms with Crippen LogP contribution in [0.15, 0.2) is 0 Å². The third-order valence-corrected chi connectivity index (χ3v) is 10.2. The fourth-order valence-electron chi connectivity index (χ4n) is 6.61. The van der Waals surface area contributed by atoms with E-state index in [2.05, 4.69) is 21.3 Å². The number of hydrogen-bond donors (Lipinski definition) is 11. The summed E-state index contributed by atoms with van der Waals surface area (Å²) in [6.07, 6.45) is 21.2. The summed E-state index contributed by atoms with van der Waals surface area (Å²) in [6, 6.07) is 0. The molecule has 0 spiro atoms. The average Bonchev–Trinajstić information content (AvgIpc) is 3.18. The van der Waals surface area contributed by atoms with E-state index in [0.717, 1.165) is 116 Å². The van der Waals surface area contributed by atoms with Gasteiger partial charge < -0.3 is 58.3 Å². The summed E-state index contributed by atoms with van der Waals surface area (Å²) in [5.74, 6) is 0.0441. The molecule has 54 heavy (non-hydrogen) atoms. The van der Waals surface area contributed by atoms with Crippen molar-refractivity contribution in [1.82, 2.24) is 21.3 Å². The molecule has 13 heteroatoms. The van der Waals surface area contributed by atoms with Crippen molar-refractivity contribution in [2.45, 2.75) is 185 Å². The number of amides is 2. The van der Waals surface area contributed by atoms with E-state index >= 15 is 0 Å². The Bertz CT molecular complexity index is 817. The summed E-state index contributed by atoms with van der Waals surface area (Å²) in [5.41, 5.74) is 11.2. The van der Waals surface area contributed by atoms with Crippen LogP contribution in [0.3, 0.4) is 0 Å². The Morgan fingerprint density at radius 1 is 0.481 bits per heavy atom. The molecule has 13 nitrogen and oxygen atoms in total. The van der Waals surface area contributed by atoms with E-state index < -0.39 is 36.9 Å². The minimum atomic E-state index is -1.88. The molecule has 0 aliphatic heterocycles. The van der Waals surface area contributed by atoms with Gasteiger partial charge in [-0.05, 0) is 96.6 Å². The second kappa shape index (κ2) is 39.8. The lowest BCUT2D eigenvalue weighted by molar-refractivity contribution is -0.148. The molecule has 0 aromatic heterocycles. The lowest BCUT2D eigenvalue weighted by Crippen LogP contribution is -2.51. The molecule has 0 rings (SSSR count). The lowest BCUT2D eigenvalue weighted by atomic mass is 10.00. The monoisotopic (exact) mass is 775 g/mol. The van der Waals surface area contributed by atoms with Gasteiger partial charge in [0.15, 0.2) is 6.10 Å². The third-order valence-electron chi connectivity index (χ3n) is 10.2. The van der Waals surface area contributed by atoms with E-state index in [1.807, 2.05) is 0 Å². The molecule has 0 unspecified atom stereocenters. The predicted molar refractivity (Wildman–Crippen MR) is 220 cm³/mol. The largest absolute Gasteiger partial charge is 0.394 e. The van der Waals surface area contributed by atoms with Crippen molar-refractivity contribution < 1.29 is 35.1 Å². The van der Waals surface area contributed by atoms with Crippen molar-refractivity contribution in [3.63, 3.8) is 0 Å². The van der Waals surface area contributed by atoms with Crippen molar-refractivity contribution in [1.29, 1.82) is 0 Å². The van der Waals surface area contributed by atoms with Crippen LogP contribution >= 0.6 is 0 Å². The summed E-state index contributed by atoms with van der Waals surface area (Å²) < 4.78 is 0. The molecule has 4 atom stereocenters. The summed E-state index contributed by atoms with van der Waals surface area (Å²) >= 11 is 0. The molecule has 2 amide bonds. The maximum absolute atomic E-state index is 12.2. The molecule has 0 bridgehead atoms. The van der Waals surface area contributed by atoms with Crippen LogP contribution in [0.2, 0.25) is 0 Å². The van der Waals surface area contributed by atoms with E-state index in [4.69, 9.17) is 16.6 Å². The maximum atomic E-state index is 12.2. The molecule has 13 N–H and O–H groups in total. The van der Waals surface area contributed by atoms with Crippen molar-refractivity contribution in [3.8, 4) is 0 Å². The van der Waals surface area contributed by atoms with Gasteiger partial charge in [-0.1, -0.05) is 103 Å². The highest BCUT2D eigenvalue weighted by atomic mass is 16.4. The van der Waals surface area contributed by atoms with E-state index in [1.165, 1.54) is 83.5 Å². The van der Waals surface area contributed by atoms with Crippen LogP contribution in [0.1, 0.15) is 161 Å². The first kappa shape index (κ1) is 52.6. The Balaban J connectivity index is 3.57. The predicted octanol–water partition coefficient (Wildman–Crippen LogP) is 3.12. The van der Waals surface area contributed by atoms with Gasteiger partial charge in [-0.25, -0.2) is 0 Å². The van der Waals surface area contributed by atoms with Gasteiger partial charge in [0.1, 0.15) is 18.3 Å². The van der Waals surface area contributed by atoms with Crippen molar-refractivity contribution in [2.75, 3.05) is 59.0 Å². The standard InChI is InChI=1S/C41H86N6O7/c42-26-18-22-28-44-32-35(33-45-29-23-19-27-43)24-16-13-15-20-30-46-37(50)25-17-12-10-8-6-4-2-1-3-5-7-9-11-14-21-31-47-41(54)40(53)39(52)38(51)36(49)34-48/h35-36,38-40,44-45,48-49,51-53H,1-34,42-43H2,(H,46,50)(H,47,54)/t36-,38+,39-,40+/m1/s1. The first-order valence-electron chi connectivity index (χ1n) is 22.0. The molecule has 0 aliphatic carbocycles. The van der Waals surface area contributed by atoms with Crippen LogP contribution in [0.25, 0.3) is 0 Å². The Kier molecular flexibility index (Phi) is 38.8. The molecule has 0 aliphatic rings. The number of aliphatic hydroxyl groups excluding tert-OH is 5. The van der Waals surface area contributed by atoms with Gasteiger partial charge in [-0.3, -0.25) is 9.59 Å². The smallest absolute Gasteiger partial charge is 0.251 e. The van der Waals surface area contributed by atoms with Crippen molar-refractivity contribution >= 4 is 11.8 Å². The van der Waals surface area contributed by atoms with Gasteiger partial charge >= 0.3 is 0 Å². The summed E-state index contributed by atoms with van der Waals surface area (Å²) in [5, 5.41) is 60.2. The Morgan fingerprint density at radius 3 is 1.35 bits per heavy atom. The van der Waals surface area contributed by atoms with Gasteiger partial charge in [0, 0.05) is 19.5 Å². The topological polar surface area (TPSA) is 235 Å². The van der Waals surface area contributed by atoms with Crippen LogP contribution in [-0.2, 0) is 9.59 Å². The van der Waals surface area contributed by atoms with Crippen molar-refractivity contribution in [2.24, 2.45) is 17.4 Å². The highest BCUT2D eigenvalue weighted by Crippen LogP contribution is 2.14. The molecule has 322 valence electrons. The zero-order chi connectivity index (χ0) is 39.9. The molecular formula is C41H86N6O7. The van der Waals surface area contributed by atoms with Gasteiger partial charge in [0.2, 0.25) is 5.91 Å². The number of carbonyl (C=O) groups excluding carboxylic acids is 2. The molecule has 0 radical (unpaired) electrons. The molecule has 0 saturated carbocycles. The fourth-order valence-corrected chi connectivity index (χ4v) is 6.61. The quantitative estimate of drug-likeness (QED) is 0.0403. The van der Waals surface area contributed by atoms with Crippen LogP contribution < -0.4 is 32.7 Å². The normalized spacial score (nSPS) is 13.9. The number of hydrogen-bond acceptors (Lipinski definition) is 11. The lowest BCUT2D eigenvalue weighted by Gasteiger charge is -2.24. The Morgan fingerprint density at radius 2 is 0.889 bits per heavy atom. The fraction of sp³-hybridized carbons (Fsp3) is 0.951. The molecular weight excluding hydrogens is 688 g/mol. The Labute approximate surface area is 329 Å².